The van der Waals surface area contributed by atoms with Crippen molar-refractivity contribution in [2.45, 2.75) is 39.7 Å². The molecule has 0 rings (SSSR count). The molecule has 2 nitrogen and oxygen atoms in total. The Bertz CT molecular complexity index is 87.3. The zero-order valence-corrected chi connectivity index (χ0v) is 7.35. The summed E-state index contributed by atoms with van der Waals surface area (Å²) in [6, 6.07) is 0.293. The molecule has 0 radical (unpaired) electrons. The van der Waals surface area contributed by atoms with Gasteiger partial charge in [0.2, 0.25) is 0 Å². The van der Waals surface area contributed by atoms with E-state index in [2.05, 4.69) is 13.8 Å². The Morgan fingerprint density at radius 1 is 1.40 bits per heavy atom. The standard InChI is InChI=1S/C8H20N2/c1-7(10)6-8(2,3)4-5-9/h7H,4-6,9-10H2,1-3H3. The Morgan fingerprint density at radius 2 is 1.90 bits per heavy atom. The molecular formula is C8H20N2. The molecule has 2 heteroatoms. The quantitative estimate of drug-likeness (QED) is 0.620. The van der Waals surface area contributed by atoms with Gasteiger partial charge >= 0.3 is 0 Å². The summed E-state index contributed by atoms with van der Waals surface area (Å²) in [5.41, 5.74) is 11.4. The van der Waals surface area contributed by atoms with Crippen molar-refractivity contribution < 1.29 is 0 Å². The molecule has 62 valence electrons. The summed E-state index contributed by atoms with van der Waals surface area (Å²) >= 11 is 0. The Kier molecular flexibility index (Phi) is 3.91. The van der Waals surface area contributed by atoms with Crippen molar-refractivity contribution in [1.82, 2.24) is 0 Å². The van der Waals surface area contributed by atoms with Crippen LogP contribution < -0.4 is 11.5 Å². The number of hydrogen-bond acceptors (Lipinski definition) is 2. The first-order chi connectivity index (χ1) is 4.48. The highest BCUT2D eigenvalue weighted by molar-refractivity contribution is 4.72. The molecule has 0 aliphatic heterocycles. The monoisotopic (exact) mass is 144 g/mol. The molecule has 0 saturated heterocycles. The zero-order chi connectivity index (χ0) is 8.20. The highest BCUT2D eigenvalue weighted by atomic mass is 14.6. The maximum Gasteiger partial charge on any atom is 0.00155 e. The summed E-state index contributed by atoms with van der Waals surface area (Å²) in [6.07, 6.45) is 2.12. The summed E-state index contributed by atoms with van der Waals surface area (Å²) in [4.78, 5) is 0. The molecule has 4 N–H and O–H groups in total. The lowest BCUT2D eigenvalue weighted by atomic mass is 9.83. The first kappa shape index (κ1) is 9.92. The second kappa shape index (κ2) is 3.94. The molecule has 0 bridgehead atoms. The van der Waals surface area contributed by atoms with E-state index in [4.69, 9.17) is 11.5 Å². The molecule has 1 atom stereocenters. The minimum Gasteiger partial charge on any atom is -0.330 e. The van der Waals surface area contributed by atoms with Gasteiger partial charge in [-0.2, -0.15) is 0 Å². The van der Waals surface area contributed by atoms with Crippen LogP contribution in [0.15, 0.2) is 0 Å². The van der Waals surface area contributed by atoms with Crippen molar-refractivity contribution in [3.8, 4) is 0 Å². The van der Waals surface area contributed by atoms with Gasteiger partial charge in [-0.25, -0.2) is 0 Å². The molecule has 0 aromatic rings. The highest BCUT2D eigenvalue weighted by Crippen LogP contribution is 2.24. The average molecular weight is 144 g/mol. The van der Waals surface area contributed by atoms with Gasteiger partial charge in [-0.3, -0.25) is 0 Å². The second-order valence-electron chi connectivity index (χ2n) is 3.88. The molecule has 0 aromatic carbocycles. The molecule has 0 aliphatic carbocycles. The zero-order valence-electron chi connectivity index (χ0n) is 7.35. The van der Waals surface area contributed by atoms with E-state index in [0.717, 1.165) is 19.4 Å². The second-order valence-corrected chi connectivity index (χ2v) is 3.88. The molecule has 0 saturated carbocycles. The van der Waals surface area contributed by atoms with Gasteiger partial charge in [-0.15, -0.1) is 0 Å². The van der Waals surface area contributed by atoms with Gasteiger partial charge in [0.25, 0.3) is 0 Å². The van der Waals surface area contributed by atoms with Gasteiger partial charge in [-0.05, 0) is 31.7 Å². The molecular weight excluding hydrogens is 124 g/mol. The van der Waals surface area contributed by atoms with Crippen molar-refractivity contribution in [2.24, 2.45) is 16.9 Å². The van der Waals surface area contributed by atoms with Crippen LogP contribution >= 0.6 is 0 Å². The summed E-state index contributed by atoms with van der Waals surface area (Å²) < 4.78 is 0. The van der Waals surface area contributed by atoms with Gasteiger partial charge in [0.15, 0.2) is 0 Å². The van der Waals surface area contributed by atoms with E-state index in [1.165, 1.54) is 0 Å². The van der Waals surface area contributed by atoms with Crippen molar-refractivity contribution in [3.05, 3.63) is 0 Å². The fraction of sp³-hybridized carbons (Fsp3) is 1.00. The van der Waals surface area contributed by atoms with Crippen molar-refractivity contribution >= 4 is 0 Å². The molecule has 0 spiro atoms. The van der Waals surface area contributed by atoms with E-state index in [1.54, 1.807) is 0 Å². The van der Waals surface area contributed by atoms with Gasteiger partial charge in [0.05, 0.1) is 0 Å². The fourth-order valence-corrected chi connectivity index (χ4v) is 1.36. The SMILES string of the molecule is CC(N)CC(C)(C)CCN. The van der Waals surface area contributed by atoms with Crippen molar-refractivity contribution in [2.75, 3.05) is 6.54 Å². The summed E-state index contributed by atoms with van der Waals surface area (Å²) in [6.45, 7) is 7.23. The fourth-order valence-electron chi connectivity index (χ4n) is 1.36. The molecule has 1 unspecified atom stereocenters. The van der Waals surface area contributed by atoms with Crippen LogP contribution in [0, 0.1) is 5.41 Å². The van der Waals surface area contributed by atoms with Crippen LogP contribution in [0.5, 0.6) is 0 Å². The predicted molar refractivity (Wildman–Crippen MR) is 45.7 cm³/mol. The number of nitrogens with two attached hydrogens (primary N) is 2. The van der Waals surface area contributed by atoms with Crippen LogP contribution in [-0.2, 0) is 0 Å². The Morgan fingerprint density at radius 3 is 2.20 bits per heavy atom. The van der Waals surface area contributed by atoms with E-state index in [0.29, 0.717) is 11.5 Å². The van der Waals surface area contributed by atoms with E-state index in [-0.39, 0.29) is 0 Å². The van der Waals surface area contributed by atoms with Crippen LogP contribution in [0.4, 0.5) is 0 Å². The minimum atomic E-state index is 0.293. The Labute approximate surface area is 64.0 Å². The topological polar surface area (TPSA) is 52.0 Å². The third-order valence-electron chi connectivity index (χ3n) is 1.70. The van der Waals surface area contributed by atoms with Crippen LogP contribution in [0.25, 0.3) is 0 Å². The summed E-state index contributed by atoms with van der Waals surface area (Å²) in [7, 11) is 0. The minimum absolute atomic E-state index is 0.293. The molecule has 10 heavy (non-hydrogen) atoms. The molecule has 0 aromatic heterocycles. The van der Waals surface area contributed by atoms with E-state index in [9.17, 15) is 0 Å². The third kappa shape index (κ3) is 4.77. The molecule has 0 fully saturated rings. The van der Waals surface area contributed by atoms with Crippen LogP contribution in [-0.4, -0.2) is 12.6 Å². The van der Waals surface area contributed by atoms with Crippen molar-refractivity contribution in [3.63, 3.8) is 0 Å². The lowest BCUT2D eigenvalue weighted by molar-refractivity contribution is 0.292. The van der Waals surface area contributed by atoms with Gasteiger partial charge in [0.1, 0.15) is 0 Å². The molecule has 0 aliphatic rings. The summed E-state index contributed by atoms with van der Waals surface area (Å²) in [5.74, 6) is 0. The average Bonchev–Trinajstić information content (AvgIpc) is 1.59. The Balaban J connectivity index is 3.63. The van der Waals surface area contributed by atoms with Crippen LogP contribution in [0.3, 0.4) is 0 Å². The highest BCUT2D eigenvalue weighted by Gasteiger charge is 2.17. The first-order valence-electron chi connectivity index (χ1n) is 3.93. The van der Waals surface area contributed by atoms with Gasteiger partial charge in [0, 0.05) is 6.04 Å². The van der Waals surface area contributed by atoms with E-state index >= 15 is 0 Å². The summed E-state index contributed by atoms with van der Waals surface area (Å²) in [5, 5.41) is 0. The maximum absolute atomic E-state index is 5.67. The lowest BCUT2D eigenvalue weighted by Gasteiger charge is -2.25. The smallest absolute Gasteiger partial charge is 0.00155 e. The van der Waals surface area contributed by atoms with E-state index in [1.807, 2.05) is 6.92 Å². The molecule has 0 amide bonds. The van der Waals surface area contributed by atoms with Gasteiger partial charge in [-0.1, -0.05) is 13.8 Å². The molecule has 0 heterocycles. The van der Waals surface area contributed by atoms with Crippen LogP contribution in [0.2, 0.25) is 0 Å². The Hall–Kier alpha value is -0.0800. The lowest BCUT2D eigenvalue weighted by Crippen LogP contribution is -2.26. The maximum atomic E-state index is 5.67. The van der Waals surface area contributed by atoms with Crippen LogP contribution in [0.1, 0.15) is 33.6 Å². The third-order valence-corrected chi connectivity index (χ3v) is 1.70. The largest absolute Gasteiger partial charge is 0.330 e. The van der Waals surface area contributed by atoms with Crippen molar-refractivity contribution in [1.29, 1.82) is 0 Å². The number of rotatable bonds is 4. The predicted octanol–water partition coefficient (Wildman–Crippen LogP) is 1.10. The first-order valence-corrected chi connectivity index (χ1v) is 3.93. The van der Waals surface area contributed by atoms with Gasteiger partial charge < -0.3 is 11.5 Å². The normalized spacial score (nSPS) is 15.3. The number of hydrogen-bond donors (Lipinski definition) is 2. The van der Waals surface area contributed by atoms with E-state index < -0.39 is 0 Å².